The van der Waals surface area contributed by atoms with Gasteiger partial charge in [-0.3, -0.25) is 4.79 Å². The molecule has 2 rings (SSSR count). The Morgan fingerprint density at radius 3 is 2.29 bits per heavy atom. The molecule has 1 aromatic carbocycles. The van der Waals surface area contributed by atoms with Crippen LogP contribution in [-0.2, 0) is 23.3 Å². The lowest BCUT2D eigenvalue weighted by molar-refractivity contribution is -0.161. The Labute approximate surface area is 191 Å². The summed E-state index contributed by atoms with van der Waals surface area (Å²) in [6, 6.07) is 8.21. The van der Waals surface area contributed by atoms with Crippen LogP contribution < -0.4 is 0 Å². The number of halogens is 3. The largest absolute Gasteiger partial charge is 0.466 e. The van der Waals surface area contributed by atoms with Crippen LogP contribution in [-0.4, -0.2) is 54.6 Å². The van der Waals surface area contributed by atoms with Gasteiger partial charge in [0.2, 0.25) is 0 Å². The van der Waals surface area contributed by atoms with Gasteiger partial charge in [0.1, 0.15) is 0 Å². The predicted octanol–water partition coefficient (Wildman–Crippen LogP) is 4.82. The first-order chi connectivity index (χ1) is 14.6. The summed E-state index contributed by atoms with van der Waals surface area (Å²) in [5.41, 5.74) is 0.357. The van der Waals surface area contributed by atoms with Crippen LogP contribution in [0, 0.1) is 0 Å². The van der Waals surface area contributed by atoms with Gasteiger partial charge in [-0.2, -0.15) is 17.2 Å². The maximum absolute atomic E-state index is 14.5. The first kappa shape index (κ1) is 26.2. The fourth-order valence-corrected chi connectivity index (χ4v) is 9.00. The van der Waals surface area contributed by atoms with E-state index in [-0.39, 0.29) is 29.6 Å². The SMILES string of the molecule is O=C(CS1(OS(=O)(=O)C(F)(F)C(=O)OCCCCCBr)CCCCC1)c1ccccc1. The van der Waals surface area contributed by atoms with Gasteiger partial charge in [-0.1, -0.05) is 52.7 Å². The van der Waals surface area contributed by atoms with E-state index in [9.17, 15) is 26.8 Å². The van der Waals surface area contributed by atoms with E-state index in [1.165, 1.54) is 0 Å². The summed E-state index contributed by atoms with van der Waals surface area (Å²) in [4.78, 5) is 24.5. The van der Waals surface area contributed by atoms with E-state index in [4.69, 9.17) is 3.63 Å². The Hall–Kier alpha value is -1.04. The molecule has 0 aromatic heterocycles. The van der Waals surface area contributed by atoms with Crippen molar-refractivity contribution >= 4 is 48.1 Å². The third-order valence-corrected chi connectivity index (χ3v) is 10.9. The minimum absolute atomic E-state index is 0.211. The Kier molecular flexibility index (Phi) is 9.91. The lowest BCUT2D eigenvalue weighted by atomic mass is 10.2. The monoisotopic (exact) mass is 544 g/mol. The van der Waals surface area contributed by atoms with Gasteiger partial charge in [0.25, 0.3) is 0 Å². The van der Waals surface area contributed by atoms with Gasteiger partial charge in [0, 0.05) is 22.4 Å². The Bertz CT molecular complexity index is 842. The molecule has 0 atom stereocenters. The van der Waals surface area contributed by atoms with Gasteiger partial charge in [-0.05, 0) is 32.1 Å². The number of Topliss-reactive ketones (excluding diaryl/α,β-unsaturated/α-hetero) is 1. The number of hydrogen-bond donors (Lipinski definition) is 0. The highest BCUT2D eigenvalue weighted by Crippen LogP contribution is 2.56. The quantitative estimate of drug-likeness (QED) is 0.162. The highest BCUT2D eigenvalue weighted by atomic mass is 79.9. The summed E-state index contributed by atoms with van der Waals surface area (Å²) >= 11 is 3.23. The molecule has 1 fully saturated rings. The third kappa shape index (κ3) is 7.23. The van der Waals surface area contributed by atoms with Crippen molar-refractivity contribution in [3.05, 3.63) is 35.9 Å². The highest BCUT2D eigenvalue weighted by molar-refractivity contribution is 9.09. The van der Waals surface area contributed by atoms with Crippen LogP contribution >= 0.6 is 26.2 Å². The number of carbonyl (C=O) groups excluding carboxylic acids is 2. The average molecular weight is 545 g/mol. The molecule has 0 aliphatic carbocycles. The summed E-state index contributed by atoms with van der Waals surface area (Å²) in [5, 5.41) is -4.11. The summed E-state index contributed by atoms with van der Waals surface area (Å²) in [7, 11) is -8.31. The van der Waals surface area contributed by atoms with E-state index in [0.29, 0.717) is 31.2 Å². The molecule has 1 aliphatic heterocycles. The number of esters is 1. The fraction of sp³-hybridized carbons (Fsp3) is 0.600. The smallest absolute Gasteiger partial charge is 0.460 e. The Balaban J connectivity index is 2.13. The summed E-state index contributed by atoms with van der Waals surface area (Å²) < 4.78 is 63.4. The van der Waals surface area contributed by atoms with Crippen molar-refractivity contribution in [3.63, 3.8) is 0 Å². The molecule has 1 aliphatic rings. The average Bonchev–Trinajstić information content (AvgIpc) is 2.74. The molecule has 0 unspecified atom stereocenters. The number of benzene rings is 1. The van der Waals surface area contributed by atoms with Crippen LogP contribution in [0.4, 0.5) is 8.78 Å². The number of hydrogen-bond acceptors (Lipinski definition) is 6. The highest BCUT2D eigenvalue weighted by Gasteiger charge is 2.58. The second kappa shape index (κ2) is 11.7. The minimum Gasteiger partial charge on any atom is -0.460 e. The number of ketones is 1. The lowest BCUT2D eigenvalue weighted by Crippen LogP contribution is -2.42. The van der Waals surface area contributed by atoms with Gasteiger partial charge < -0.3 is 4.74 Å². The van der Waals surface area contributed by atoms with Crippen molar-refractivity contribution in [2.75, 3.05) is 29.2 Å². The molecule has 0 amide bonds. The molecule has 1 aromatic rings. The van der Waals surface area contributed by atoms with E-state index >= 15 is 0 Å². The first-order valence-electron chi connectivity index (χ1n) is 10.0. The van der Waals surface area contributed by atoms with Gasteiger partial charge in [0.05, 0.1) is 12.4 Å². The van der Waals surface area contributed by atoms with Crippen LogP contribution in [0.2, 0.25) is 0 Å². The van der Waals surface area contributed by atoms with Crippen LogP contribution in [0.25, 0.3) is 0 Å². The van der Waals surface area contributed by atoms with Crippen molar-refractivity contribution < 1.29 is 35.2 Å². The normalized spacial score (nSPS) is 17.6. The Morgan fingerprint density at radius 1 is 1.03 bits per heavy atom. The predicted molar refractivity (Wildman–Crippen MR) is 120 cm³/mol. The number of unbranched alkanes of at least 4 members (excludes halogenated alkanes) is 2. The zero-order chi connectivity index (χ0) is 23.0. The number of ether oxygens (including phenoxy) is 1. The van der Waals surface area contributed by atoms with Gasteiger partial charge in [-0.25, -0.2) is 8.42 Å². The maximum atomic E-state index is 14.5. The zero-order valence-electron chi connectivity index (χ0n) is 17.1. The number of alkyl halides is 3. The lowest BCUT2D eigenvalue weighted by Gasteiger charge is -2.41. The molecule has 1 heterocycles. The topological polar surface area (TPSA) is 86.7 Å². The van der Waals surface area contributed by atoms with Crippen LogP contribution in [0.1, 0.15) is 48.9 Å². The van der Waals surface area contributed by atoms with Gasteiger partial charge in [0.15, 0.2) is 5.78 Å². The molecule has 0 radical (unpaired) electrons. The molecule has 176 valence electrons. The molecular formula is C20H27BrF2O6S2. The standard InChI is InChI=1S/C20H27BrF2O6S2/c21-12-6-2-7-13-28-19(25)20(22,23)31(26,27)29-30(14-8-3-9-15-30)16-18(24)17-10-4-1-5-11-17/h1,4-5,10-11H,2-3,6-9,12-16H2. The first-order valence-corrected chi connectivity index (χ1v) is 14.6. The van der Waals surface area contributed by atoms with Gasteiger partial charge >= 0.3 is 21.3 Å². The molecule has 6 nitrogen and oxygen atoms in total. The van der Waals surface area contributed by atoms with Crippen molar-refractivity contribution in [2.45, 2.75) is 43.8 Å². The van der Waals surface area contributed by atoms with E-state index in [0.717, 1.165) is 18.2 Å². The maximum Gasteiger partial charge on any atom is 0.466 e. The third-order valence-electron chi connectivity index (χ3n) is 4.82. The van der Waals surface area contributed by atoms with Crippen LogP contribution in [0.3, 0.4) is 0 Å². The molecule has 31 heavy (non-hydrogen) atoms. The molecule has 1 saturated heterocycles. The van der Waals surface area contributed by atoms with Crippen molar-refractivity contribution in [2.24, 2.45) is 0 Å². The van der Waals surface area contributed by atoms with Crippen molar-refractivity contribution in [1.29, 1.82) is 0 Å². The molecule has 0 N–H and O–H groups in total. The van der Waals surface area contributed by atoms with Crippen LogP contribution in [0.15, 0.2) is 30.3 Å². The number of carbonyl (C=O) groups is 2. The second-order valence-electron chi connectivity index (χ2n) is 7.29. The molecule has 0 bridgehead atoms. The minimum atomic E-state index is -5.62. The van der Waals surface area contributed by atoms with Crippen molar-refractivity contribution in [1.82, 2.24) is 0 Å². The van der Waals surface area contributed by atoms with E-state index in [1.807, 2.05) is 0 Å². The fourth-order valence-electron chi connectivity index (χ4n) is 3.15. The summed E-state index contributed by atoms with van der Waals surface area (Å²) in [5.74, 6) is -2.38. The van der Waals surface area contributed by atoms with Crippen LogP contribution in [0.5, 0.6) is 0 Å². The van der Waals surface area contributed by atoms with E-state index in [2.05, 4.69) is 20.7 Å². The van der Waals surface area contributed by atoms with E-state index in [1.54, 1.807) is 30.3 Å². The molecule has 0 spiro atoms. The molecule has 11 heteroatoms. The summed E-state index contributed by atoms with van der Waals surface area (Å²) in [6.07, 6.45) is 3.69. The second-order valence-corrected chi connectivity index (χ2v) is 13.1. The van der Waals surface area contributed by atoms with Crippen molar-refractivity contribution in [3.8, 4) is 0 Å². The molecular weight excluding hydrogens is 518 g/mol. The molecule has 0 saturated carbocycles. The zero-order valence-corrected chi connectivity index (χ0v) is 20.3. The Morgan fingerprint density at radius 2 is 1.68 bits per heavy atom. The summed E-state index contributed by atoms with van der Waals surface area (Å²) in [6.45, 7) is -0.304. The number of rotatable bonds is 12. The van der Waals surface area contributed by atoms with Gasteiger partial charge in [-0.15, -0.1) is 10.3 Å². The van der Waals surface area contributed by atoms with E-state index < -0.39 is 31.7 Å².